The first kappa shape index (κ1) is 12.6. The van der Waals surface area contributed by atoms with Gasteiger partial charge in [-0.2, -0.15) is 0 Å². The van der Waals surface area contributed by atoms with Gasteiger partial charge in [-0.25, -0.2) is 0 Å². The second-order valence-electron chi connectivity index (χ2n) is 3.85. The molecule has 0 spiro atoms. The molecule has 2 rings (SSSR count). The minimum Gasteiger partial charge on any atom is -0.389 e. The van der Waals surface area contributed by atoms with Crippen molar-refractivity contribution in [2.45, 2.75) is 19.6 Å². The molecule has 2 nitrogen and oxygen atoms in total. The Morgan fingerprint density at radius 2 is 2.18 bits per heavy atom. The van der Waals surface area contributed by atoms with Crippen LogP contribution in [0.5, 0.6) is 0 Å². The summed E-state index contributed by atoms with van der Waals surface area (Å²) < 4.78 is 1.11. The van der Waals surface area contributed by atoms with Gasteiger partial charge in [0, 0.05) is 32.5 Å². The van der Waals surface area contributed by atoms with Gasteiger partial charge >= 0.3 is 0 Å². The molecule has 0 aliphatic heterocycles. The predicted molar refractivity (Wildman–Crippen MR) is 76.4 cm³/mol. The summed E-state index contributed by atoms with van der Waals surface area (Å²) in [5.41, 5.74) is 1.93. The van der Waals surface area contributed by atoms with Crippen molar-refractivity contribution in [1.29, 1.82) is 0 Å². The van der Waals surface area contributed by atoms with Crippen LogP contribution in [0.2, 0.25) is 0 Å². The summed E-state index contributed by atoms with van der Waals surface area (Å²) in [6.07, 6.45) is -0.450. The zero-order valence-electron chi connectivity index (χ0n) is 9.48. The Morgan fingerprint density at radius 3 is 2.82 bits per heavy atom. The maximum absolute atomic E-state index is 9.66. The van der Waals surface area contributed by atoms with Crippen LogP contribution in [0.4, 0.5) is 5.69 Å². The maximum atomic E-state index is 9.66. The molecule has 0 radical (unpaired) electrons. The maximum Gasteiger partial charge on any atom is 0.0781 e. The number of aliphatic hydroxyl groups is 1. The molecule has 1 aromatic carbocycles. The van der Waals surface area contributed by atoms with Gasteiger partial charge in [0.1, 0.15) is 0 Å². The van der Waals surface area contributed by atoms with Gasteiger partial charge in [-0.05, 0) is 35.0 Å². The van der Waals surface area contributed by atoms with Crippen molar-refractivity contribution in [3.8, 4) is 0 Å². The van der Waals surface area contributed by atoms with E-state index in [1.807, 2.05) is 24.3 Å². The molecular formula is C13H14BrNOS. The Morgan fingerprint density at radius 1 is 1.41 bits per heavy atom. The molecule has 2 N–H and O–H groups in total. The fraction of sp³-hybridized carbons (Fsp3) is 0.231. The first-order chi connectivity index (χ1) is 8.16. The van der Waals surface area contributed by atoms with E-state index >= 15 is 0 Å². The average molecular weight is 312 g/mol. The van der Waals surface area contributed by atoms with Gasteiger partial charge in [-0.1, -0.05) is 18.2 Å². The van der Waals surface area contributed by atoms with Gasteiger partial charge in [0.25, 0.3) is 0 Å². The van der Waals surface area contributed by atoms with E-state index in [4.69, 9.17) is 0 Å². The van der Waals surface area contributed by atoms with Crippen molar-refractivity contribution in [2.24, 2.45) is 0 Å². The molecule has 4 heteroatoms. The molecule has 90 valence electrons. The Balaban J connectivity index is 2.08. The van der Waals surface area contributed by atoms with Crippen molar-refractivity contribution in [2.75, 3.05) is 5.32 Å². The molecule has 0 fully saturated rings. The molecule has 1 aromatic heterocycles. The second-order valence-corrected chi connectivity index (χ2v) is 5.76. The lowest BCUT2D eigenvalue weighted by Crippen LogP contribution is -2.03. The number of nitrogens with one attached hydrogen (secondary N) is 1. The van der Waals surface area contributed by atoms with Gasteiger partial charge in [0.2, 0.25) is 0 Å². The molecule has 0 saturated carbocycles. The molecule has 0 bridgehead atoms. The number of aliphatic hydroxyl groups excluding tert-OH is 1. The number of halogens is 1. The van der Waals surface area contributed by atoms with E-state index in [0.29, 0.717) is 0 Å². The lowest BCUT2D eigenvalue weighted by molar-refractivity contribution is 0.200. The van der Waals surface area contributed by atoms with Gasteiger partial charge < -0.3 is 10.4 Å². The zero-order valence-corrected chi connectivity index (χ0v) is 11.9. The first-order valence-corrected chi connectivity index (χ1v) is 7.08. The van der Waals surface area contributed by atoms with Gasteiger partial charge in [0.05, 0.1) is 6.10 Å². The Bertz CT molecular complexity index is 496. The van der Waals surface area contributed by atoms with Crippen LogP contribution in [-0.4, -0.2) is 5.11 Å². The van der Waals surface area contributed by atoms with Crippen LogP contribution in [0.1, 0.15) is 23.5 Å². The highest BCUT2D eigenvalue weighted by Crippen LogP contribution is 2.25. The highest BCUT2D eigenvalue weighted by atomic mass is 79.9. The summed E-state index contributed by atoms with van der Waals surface area (Å²) in [6.45, 7) is 2.56. The highest BCUT2D eigenvalue weighted by molar-refractivity contribution is 9.10. The third-order valence-electron chi connectivity index (χ3n) is 2.49. The van der Waals surface area contributed by atoms with Crippen LogP contribution in [0, 0.1) is 0 Å². The summed E-state index contributed by atoms with van der Waals surface area (Å²) >= 11 is 5.15. The quantitative estimate of drug-likeness (QED) is 0.888. The van der Waals surface area contributed by atoms with Crippen molar-refractivity contribution < 1.29 is 5.11 Å². The largest absolute Gasteiger partial charge is 0.389 e. The van der Waals surface area contributed by atoms with E-state index in [1.165, 1.54) is 4.88 Å². The van der Waals surface area contributed by atoms with Gasteiger partial charge in [-0.15, -0.1) is 11.3 Å². The molecule has 0 aliphatic carbocycles. The van der Waals surface area contributed by atoms with Crippen molar-refractivity contribution in [3.05, 3.63) is 50.6 Å². The molecule has 1 atom stereocenters. The molecule has 2 aromatic rings. The van der Waals surface area contributed by atoms with E-state index in [2.05, 4.69) is 32.7 Å². The van der Waals surface area contributed by atoms with Gasteiger partial charge in [-0.3, -0.25) is 0 Å². The molecule has 17 heavy (non-hydrogen) atoms. The normalized spacial score (nSPS) is 12.4. The lowest BCUT2D eigenvalue weighted by Gasteiger charge is -2.13. The van der Waals surface area contributed by atoms with Crippen LogP contribution >= 0.6 is 27.3 Å². The summed E-state index contributed by atoms with van der Waals surface area (Å²) in [5.74, 6) is 0. The van der Waals surface area contributed by atoms with Gasteiger partial charge in [0.15, 0.2) is 0 Å². The number of thiophene rings is 1. The number of anilines is 1. The third kappa shape index (κ3) is 3.31. The van der Waals surface area contributed by atoms with Crippen molar-refractivity contribution in [1.82, 2.24) is 0 Å². The minimum absolute atomic E-state index is 0.450. The van der Waals surface area contributed by atoms with Crippen molar-refractivity contribution in [3.63, 3.8) is 0 Å². The van der Waals surface area contributed by atoms with Crippen LogP contribution in [0.3, 0.4) is 0 Å². The van der Waals surface area contributed by atoms with Crippen molar-refractivity contribution >= 4 is 33.0 Å². The molecule has 1 unspecified atom stereocenters. The lowest BCUT2D eigenvalue weighted by atomic mass is 10.1. The number of hydrogen-bond donors (Lipinski definition) is 2. The van der Waals surface area contributed by atoms with Crippen LogP contribution in [0.15, 0.2) is 40.2 Å². The monoisotopic (exact) mass is 311 g/mol. The molecule has 0 saturated heterocycles. The predicted octanol–water partition coefficient (Wildman–Crippen LogP) is 4.18. The summed E-state index contributed by atoms with van der Waals surface area (Å²) in [4.78, 5) is 1.26. The SMILES string of the molecule is CC(O)c1ccccc1NCc1cc(Br)cs1. The smallest absolute Gasteiger partial charge is 0.0781 e. The topological polar surface area (TPSA) is 32.3 Å². The molecule has 0 aliphatic rings. The fourth-order valence-electron chi connectivity index (χ4n) is 1.65. The molecule has 0 amide bonds. The first-order valence-electron chi connectivity index (χ1n) is 5.40. The van der Waals surface area contributed by atoms with E-state index in [9.17, 15) is 5.11 Å². The fourth-order valence-corrected chi connectivity index (χ4v) is 3.04. The van der Waals surface area contributed by atoms with E-state index in [1.54, 1.807) is 18.3 Å². The number of hydrogen-bond acceptors (Lipinski definition) is 3. The van der Waals surface area contributed by atoms with E-state index in [-0.39, 0.29) is 0 Å². The third-order valence-corrected chi connectivity index (χ3v) is 4.18. The molecule has 1 heterocycles. The summed E-state index contributed by atoms with van der Waals surface area (Å²) in [6, 6.07) is 9.94. The summed E-state index contributed by atoms with van der Waals surface area (Å²) in [7, 11) is 0. The molecular weight excluding hydrogens is 298 g/mol. The van der Waals surface area contributed by atoms with E-state index < -0.39 is 6.10 Å². The number of rotatable bonds is 4. The highest BCUT2D eigenvalue weighted by Gasteiger charge is 2.06. The average Bonchev–Trinajstić information content (AvgIpc) is 2.73. The second kappa shape index (κ2) is 5.67. The Hall–Kier alpha value is -0.840. The van der Waals surface area contributed by atoms with Crippen LogP contribution in [-0.2, 0) is 6.54 Å². The Kier molecular flexibility index (Phi) is 4.20. The standard InChI is InChI=1S/C13H14BrNOS/c1-9(16)12-4-2-3-5-13(12)15-7-11-6-10(14)8-17-11/h2-6,8-9,15-16H,7H2,1H3. The number of para-hydroxylation sites is 1. The Labute approximate surface area is 113 Å². The van der Waals surface area contributed by atoms with E-state index in [0.717, 1.165) is 22.3 Å². The minimum atomic E-state index is -0.450. The van der Waals surface area contributed by atoms with Crippen LogP contribution in [0.25, 0.3) is 0 Å². The van der Waals surface area contributed by atoms with Crippen LogP contribution < -0.4 is 5.32 Å². The zero-order chi connectivity index (χ0) is 12.3. The number of benzene rings is 1. The summed E-state index contributed by atoms with van der Waals surface area (Å²) in [5, 5.41) is 15.1.